The van der Waals surface area contributed by atoms with Crippen LogP contribution in [0.25, 0.3) is 0 Å². The highest BCUT2D eigenvalue weighted by atomic mass is 16.7. The lowest BCUT2D eigenvalue weighted by atomic mass is 9.55. The van der Waals surface area contributed by atoms with E-state index in [0.717, 1.165) is 36.8 Å². The van der Waals surface area contributed by atoms with E-state index in [9.17, 15) is 19.8 Å². The van der Waals surface area contributed by atoms with Crippen molar-refractivity contribution in [3.05, 3.63) is 66.3 Å². The van der Waals surface area contributed by atoms with Crippen LogP contribution in [0.4, 0.5) is 15.3 Å². The Morgan fingerprint density at radius 2 is 1.76 bits per heavy atom. The highest BCUT2D eigenvalue weighted by molar-refractivity contribution is 6.03. The van der Waals surface area contributed by atoms with E-state index in [1.807, 2.05) is 6.07 Å². The number of ether oxygens (including phenoxy) is 6. The van der Waals surface area contributed by atoms with Gasteiger partial charge in [-0.2, -0.15) is 0 Å². The molecule has 1 fully saturated rings. The van der Waals surface area contributed by atoms with Crippen molar-refractivity contribution >= 4 is 23.6 Å². The lowest BCUT2D eigenvalue weighted by Gasteiger charge is -2.59. The fourth-order valence-electron chi connectivity index (χ4n) is 8.32. The van der Waals surface area contributed by atoms with Crippen LogP contribution < -0.4 is 24.3 Å². The molecule has 0 spiro atoms. The van der Waals surface area contributed by atoms with Crippen LogP contribution in [0.2, 0.25) is 0 Å². The van der Waals surface area contributed by atoms with Gasteiger partial charge in [0.15, 0.2) is 0 Å². The van der Waals surface area contributed by atoms with Crippen molar-refractivity contribution in [1.29, 1.82) is 0 Å². The topological polar surface area (TPSA) is 167 Å². The van der Waals surface area contributed by atoms with E-state index in [1.165, 1.54) is 26.2 Å². The van der Waals surface area contributed by atoms with Crippen LogP contribution in [-0.4, -0.2) is 100 Å². The van der Waals surface area contributed by atoms with Crippen LogP contribution in [0.3, 0.4) is 0 Å². The van der Waals surface area contributed by atoms with Crippen LogP contribution in [-0.2, 0) is 14.3 Å². The molecule has 2 aromatic rings. The number of unbranched alkanes of at least 4 members (excludes halogenated alkanes) is 2. The maximum absolute atomic E-state index is 13.3. The summed E-state index contributed by atoms with van der Waals surface area (Å²) in [5.74, 6) is -0.401. The quantitative estimate of drug-likeness (QED) is 0.0947. The van der Waals surface area contributed by atoms with Crippen molar-refractivity contribution in [1.82, 2.24) is 4.90 Å². The largest absolute Gasteiger partial charge is 0.497 e. The van der Waals surface area contributed by atoms with Crippen LogP contribution >= 0.6 is 0 Å². The molecule has 0 bridgehead atoms. The second-order valence-corrected chi connectivity index (χ2v) is 13.6. The minimum Gasteiger partial charge on any atom is -0.497 e. The highest BCUT2D eigenvalue weighted by Crippen LogP contribution is 2.61. The molecule has 5 rings (SSSR count). The summed E-state index contributed by atoms with van der Waals surface area (Å²) in [6.07, 6.45) is 7.21. The monoisotopic (exact) mass is 751 g/mol. The van der Waals surface area contributed by atoms with Crippen molar-refractivity contribution in [2.45, 2.75) is 62.7 Å². The standard InChI is InChI=1S/C40H53N3O11/c1-7-20-52-40-35(43(2)39(47)50-5)24-32(42-51-6)29-21-25(12-8-10-18-44)28(13-9-11-19-45)36(37(29)40)30-22-27(15-17-33(30)54-40)53-38(46)41-31-16-14-26(48-3)23-34(31)49-4/h7,14-17,21-23,25,28,35-37,44-45H,1,8-13,18-20,24H2,2-6H3,(H,41,46). The number of aliphatic hydroxyl groups is 2. The molecule has 0 radical (unpaired) electrons. The van der Waals surface area contributed by atoms with E-state index < -0.39 is 29.9 Å². The summed E-state index contributed by atoms with van der Waals surface area (Å²) in [5, 5.41) is 26.8. The minimum atomic E-state index is -1.41. The first kappa shape index (κ1) is 40.4. The number of benzene rings is 2. The van der Waals surface area contributed by atoms with E-state index in [2.05, 4.69) is 23.1 Å². The molecule has 1 aliphatic heterocycles. The van der Waals surface area contributed by atoms with Crippen molar-refractivity contribution in [2.75, 3.05) is 60.6 Å². The number of aliphatic hydroxyl groups excluding tert-OH is 2. The molecule has 3 aliphatic rings. The van der Waals surface area contributed by atoms with E-state index in [-0.39, 0.29) is 49.7 Å². The Labute approximate surface area is 316 Å². The summed E-state index contributed by atoms with van der Waals surface area (Å²) in [7, 11) is 7.50. The van der Waals surface area contributed by atoms with Gasteiger partial charge >= 0.3 is 12.2 Å². The molecule has 14 nitrogen and oxygen atoms in total. The molecule has 2 aliphatic carbocycles. The number of rotatable bonds is 17. The molecule has 14 heteroatoms. The van der Waals surface area contributed by atoms with Crippen LogP contribution in [0.1, 0.15) is 56.4 Å². The van der Waals surface area contributed by atoms with Gasteiger partial charge in [-0.15, -0.1) is 6.58 Å². The lowest BCUT2D eigenvalue weighted by Crippen LogP contribution is -2.69. The Bertz CT molecular complexity index is 1700. The summed E-state index contributed by atoms with van der Waals surface area (Å²) in [4.78, 5) is 33.4. The first-order chi connectivity index (χ1) is 26.2. The Balaban J connectivity index is 1.66. The molecular formula is C40H53N3O11. The van der Waals surface area contributed by atoms with Crippen molar-refractivity contribution in [3.63, 3.8) is 0 Å². The number of methoxy groups -OCH3 is 3. The SMILES string of the molecule is C=CCOC12Oc3ccc(OC(=O)Nc4ccc(OC)cc4OC)cc3C3C(CCCCO)C(CCCCO)C=C(C(=NOC)CC1N(C)C(=O)OC)C32. The molecule has 2 amide bonds. The molecule has 2 aromatic carbocycles. The van der Waals surface area contributed by atoms with Gasteiger partial charge in [-0.05, 0) is 73.4 Å². The molecule has 3 N–H and O–H groups in total. The number of hydrogen-bond acceptors (Lipinski definition) is 12. The lowest BCUT2D eigenvalue weighted by molar-refractivity contribution is -0.253. The van der Waals surface area contributed by atoms with Crippen LogP contribution in [0, 0.1) is 17.8 Å². The maximum Gasteiger partial charge on any atom is 0.417 e. The number of amides is 2. The van der Waals surface area contributed by atoms with E-state index in [1.54, 1.807) is 50.6 Å². The Hall–Kier alpha value is -4.79. The second kappa shape index (κ2) is 18.5. The Morgan fingerprint density at radius 1 is 1.02 bits per heavy atom. The van der Waals surface area contributed by atoms with Gasteiger partial charge < -0.3 is 48.4 Å². The molecule has 6 unspecified atom stereocenters. The predicted octanol–water partition coefficient (Wildman–Crippen LogP) is 6.28. The summed E-state index contributed by atoms with van der Waals surface area (Å²) >= 11 is 0. The number of fused-ring (bicyclic) bond motifs is 2. The highest BCUT2D eigenvalue weighted by Gasteiger charge is 2.65. The molecule has 294 valence electrons. The smallest absolute Gasteiger partial charge is 0.417 e. The third kappa shape index (κ3) is 8.30. The average Bonchev–Trinajstić information content (AvgIpc) is 3.18. The number of nitrogens with one attached hydrogen (secondary N) is 1. The van der Waals surface area contributed by atoms with Crippen molar-refractivity contribution in [3.8, 4) is 23.0 Å². The van der Waals surface area contributed by atoms with E-state index >= 15 is 0 Å². The Morgan fingerprint density at radius 3 is 2.43 bits per heavy atom. The number of carbonyl (C=O) groups excluding carboxylic acids is 2. The van der Waals surface area contributed by atoms with Crippen LogP contribution in [0.15, 0.2) is 65.9 Å². The number of likely N-dealkylation sites (N-methyl/N-ethyl adjacent to an activating group) is 1. The van der Waals surface area contributed by atoms with Crippen molar-refractivity contribution < 1.29 is 53.1 Å². The Kier molecular flexibility index (Phi) is 13.8. The molecule has 6 atom stereocenters. The third-order valence-electron chi connectivity index (χ3n) is 10.6. The summed E-state index contributed by atoms with van der Waals surface area (Å²) in [5.41, 5.74) is 2.74. The number of allylic oxidation sites excluding steroid dienone is 1. The summed E-state index contributed by atoms with van der Waals surface area (Å²) < 4.78 is 35.6. The number of hydrogen-bond donors (Lipinski definition) is 3. The molecular weight excluding hydrogens is 698 g/mol. The number of carbonyl (C=O) groups is 2. The normalized spacial score (nSPS) is 24.5. The summed E-state index contributed by atoms with van der Waals surface area (Å²) in [6.45, 7) is 4.18. The van der Waals surface area contributed by atoms with Gasteiger partial charge in [0, 0.05) is 44.2 Å². The van der Waals surface area contributed by atoms with Gasteiger partial charge in [-0.3, -0.25) is 5.32 Å². The third-order valence-corrected chi connectivity index (χ3v) is 10.6. The van der Waals surface area contributed by atoms with Gasteiger partial charge in [0.25, 0.3) is 0 Å². The zero-order valence-electron chi connectivity index (χ0n) is 31.7. The van der Waals surface area contributed by atoms with Crippen LogP contribution in [0.5, 0.6) is 23.0 Å². The maximum atomic E-state index is 13.3. The van der Waals surface area contributed by atoms with Crippen molar-refractivity contribution in [2.24, 2.45) is 22.9 Å². The molecule has 0 aromatic heterocycles. The van der Waals surface area contributed by atoms with E-state index in [0.29, 0.717) is 41.5 Å². The van der Waals surface area contributed by atoms with Gasteiger partial charge in [-0.25, -0.2) is 9.59 Å². The average molecular weight is 752 g/mol. The second-order valence-electron chi connectivity index (χ2n) is 13.6. The van der Waals surface area contributed by atoms with Gasteiger partial charge in [0.05, 0.1) is 45.3 Å². The van der Waals surface area contributed by atoms with Gasteiger partial charge in [-0.1, -0.05) is 30.1 Å². The fourth-order valence-corrected chi connectivity index (χ4v) is 8.32. The minimum absolute atomic E-state index is 0.00281. The predicted molar refractivity (Wildman–Crippen MR) is 201 cm³/mol. The number of anilines is 1. The molecule has 0 saturated heterocycles. The first-order valence-corrected chi connectivity index (χ1v) is 18.3. The zero-order valence-corrected chi connectivity index (χ0v) is 31.7. The van der Waals surface area contributed by atoms with E-state index in [4.69, 9.17) is 33.3 Å². The van der Waals surface area contributed by atoms with Gasteiger partial charge in [0.1, 0.15) is 36.1 Å². The zero-order chi connectivity index (χ0) is 38.8. The first-order valence-electron chi connectivity index (χ1n) is 18.3. The number of oxime groups is 1. The van der Waals surface area contributed by atoms with Gasteiger partial charge in [0.2, 0.25) is 5.79 Å². The summed E-state index contributed by atoms with van der Waals surface area (Å²) in [6, 6.07) is 9.56. The number of nitrogens with zero attached hydrogens (tertiary/aromatic N) is 2. The molecule has 1 heterocycles. The fraction of sp³-hybridized carbons (Fsp3) is 0.525. The molecule has 54 heavy (non-hydrogen) atoms. The molecule has 1 saturated carbocycles.